The van der Waals surface area contributed by atoms with Crippen LogP contribution in [0.2, 0.25) is 0 Å². The largest absolute Gasteiger partial charge is 0.391 e. The van der Waals surface area contributed by atoms with Gasteiger partial charge >= 0.3 is 0 Å². The standard InChI is InChI=1S/C12H21N5O/c1-2-17(7-9-4-3-5-14-6-9)11-10(13)12(18)16-8-15-11/h8-9,14H,2-7,13H2,1H3,(H,15,16,18). The Labute approximate surface area is 107 Å². The smallest absolute Gasteiger partial charge is 0.276 e. The average Bonchev–Trinajstić information content (AvgIpc) is 2.41. The van der Waals surface area contributed by atoms with E-state index < -0.39 is 0 Å². The highest BCUT2D eigenvalue weighted by Gasteiger charge is 2.19. The monoisotopic (exact) mass is 251 g/mol. The number of nitrogen functional groups attached to an aromatic ring is 1. The van der Waals surface area contributed by atoms with E-state index in [1.54, 1.807) is 0 Å². The molecule has 18 heavy (non-hydrogen) atoms. The summed E-state index contributed by atoms with van der Waals surface area (Å²) in [7, 11) is 0. The third kappa shape index (κ3) is 2.81. The second-order valence-corrected chi connectivity index (χ2v) is 4.72. The van der Waals surface area contributed by atoms with E-state index in [0.717, 1.165) is 26.2 Å². The van der Waals surface area contributed by atoms with Crippen LogP contribution >= 0.6 is 0 Å². The minimum atomic E-state index is -0.264. The van der Waals surface area contributed by atoms with Gasteiger partial charge < -0.3 is 20.9 Å². The van der Waals surface area contributed by atoms with E-state index in [1.165, 1.54) is 19.2 Å². The highest BCUT2D eigenvalue weighted by Crippen LogP contribution is 2.19. The number of nitrogens with two attached hydrogens (primary N) is 1. The van der Waals surface area contributed by atoms with Crippen molar-refractivity contribution in [1.82, 2.24) is 15.3 Å². The summed E-state index contributed by atoms with van der Waals surface area (Å²) in [5.41, 5.74) is 5.75. The van der Waals surface area contributed by atoms with Crippen LogP contribution in [0.15, 0.2) is 11.1 Å². The van der Waals surface area contributed by atoms with E-state index >= 15 is 0 Å². The van der Waals surface area contributed by atoms with Crippen molar-refractivity contribution < 1.29 is 0 Å². The van der Waals surface area contributed by atoms with Gasteiger partial charge in [0.05, 0.1) is 6.33 Å². The number of piperidine rings is 1. The van der Waals surface area contributed by atoms with Crippen LogP contribution in [-0.4, -0.2) is 36.1 Å². The molecule has 0 aliphatic carbocycles. The normalized spacial score (nSPS) is 19.7. The van der Waals surface area contributed by atoms with Gasteiger partial charge in [0.15, 0.2) is 5.82 Å². The molecule has 1 fully saturated rings. The molecule has 1 unspecified atom stereocenters. The Morgan fingerprint density at radius 1 is 1.61 bits per heavy atom. The summed E-state index contributed by atoms with van der Waals surface area (Å²) in [4.78, 5) is 20.3. The second-order valence-electron chi connectivity index (χ2n) is 4.72. The van der Waals surface area contributed by atoms with Gasteiger partial charge in [0.2, 0.25) is 0 Å². The van der Waals surface area contributed by atoms with Crippen LogP contribution in [0.1, 0.15) is 19.8 Å². The highest BCUT2D eigenvalue weighted by atomic mass is 16.1. The lowest BCUT2D eigenvalue weighted by Gasteiger charge is -2.30. The lowest BCUT2D eigenvalue weighted by molar-refractivity contribution is 0.377. The van der Waals surface area contributed by atoms with Crippen LogP contribution in [0.25, 0.3) is 0 Å². The lowest BCUT2D eigenvalue weighted by Crippen LogP contribution is -2.39. The van der Waals surface area contributed by atoms with E-state index in [2.05, 4.69) is 27.1 Å². The van der Waals surface area contributed by atoms with Crippen molar-refractivity contribution in [2.24, 2.45) is 5.92 Å². The van der Waals surface area contributed by atoms with Gasteiger partial charge in [0.1, 0.15) is 5.69 Å². The van der Waals surface area contributed by atoms with Gasteiger partial charge in [-0.2, -0.15) is 0 Å². The molecule has 0 bridgehead atoms. The summed E-state index contributed by atoms with van der Waals surface area (Å²) in [6.45, 7) is 5.88. The molecule has 1 aliphatic heterocycles. The van der Waals surface area contributed by atoms with Crippen molar-refractivity contribution in [3.05, 3.63) is 16.7 Å². The zero-order chi connectivity index (χ0) is 13.0. The molecule has 0 amide bonds. The van der Waals surface area contributed by atoms with Crippen molar-refractivity contribution in [2.45, 2.75) is 19.8 Å². The zero-order valence-electron chi connectivity index (χ0n) is 10.8. The molecule has 0 spiro atoms. The van der Waals surface area contributed by atoms with Crippen LogP contribution in [0.5, 0.6) is 0 Å². The summed E-state index contributed by atoms with van der Waals surface area (Å²) in [5, 5.41) is 3.40. The van der Waals surface area contributed by atoms with Gasteiger partial charge in [-0.3, -0.25) is 4.79 Å². The molecule has 1 saturated heterocycles. The molecule has 0 aromatic carbocycles. The van der Waals surface area contributed by atoms with Crippen molar-refractivity contribution in [1.29, 1.82) is 0 Å². The molecule has 1 aliphatic rings. The number of rotatable bonds is 4. The van der Waals surface area contributed by atoms with Gasteiger partial charge in [-0.05, 0) is 38.8 Å². The molecule has 2 rings (SSSR count). The average molecular weight is 251 g/mol. The molecule has 6 heteroatoms. The van der Waals surface area contributed by atoms with Gasteiger partial charge in [-0.25, -0.2) is 4.98 Å². The molecule has 4 N–H and O–H groups in total. The maximum atomic E-state index is 11.5. The first-order valence-electron chi connectivity index (χ1n) is 6.51. The third-order valence-corrected chi connectivity index (χ3v) is 3.43. The molecular formula is C12H21N5O. The van der Waals surface area contributed by atoms with Crippen LogP contribution in [0.4, 0.5) is 11.5 Å². The number of anilines is 2. The Balaban J connectivity index is 2.12. The molecule has 0 saturated carbocycles. The number of hydrogen-bond acceptors (Lipinski definition) is 5. The molecule has 6 nitrogen and oxygen atoms in total. The summed E-state index contributed by atoms with van der Waals surface area (Å²) in [6, 6.07) is 0. The van der Waals surface area contributed by atoms with Gasteiger partial charge in [0, 0.05) is 13.1 Å². The van der Waals surface area contributed by atoms with Gasteiger partial charge in [-0.1, -0.05) is 0 Å². The Hall–Kier alpha value is -1.56. The molecule has 1 aromatic rings. The van der Waals surface area contributed by atoms with Crippen LogP contribution in [-0.2, 0) is 0 Å². The summed E-state index contributed by atoms with van der Waals surface area (Å²) >= 11 is 0. The SMILES string of the molecule is CCN(CC1CCCNC1)c1nc[nH]c(=O)c1N. The Morgan fingerprint density at radius 3 is 3.11 bits per heavy atom. The van der Waals surface area contributed by atoms with E-state index in [4.69, 9.17) is 5.73 Å². The minimum Gasteiger partial charge on any atom is -0.391 e. The van der Waals surface area contributed by atoms with Gasteiger partial charge in [0.25, 0.3) is 5.56 Å². The molecule has 1 aromatic heterocycles. The predicted molar refractivity (Wildman–Crippen MR) is 72.8 cm³/mol. The molecule has 100 valence electrons. The fourth-order valence-corrected chi connectivity index (χ4v) is 2.41. The molecule has 2 heterocycles. The number of aromatic nitrogens is 2. The van der Waals surface area contributed by atoms with Crippen LogP contribution < -0.4 is 21.5 Å². The fraction of sp³-hybridized carbons (Fsp3) is 0.667. The third-order valence-electron chi connectivity index (χ3n) is 3.43. The first-order chi connectivity index (χ1) is 8.72. The second kappa shape index (κ2) is 5.86. The lowest BCUT2D eigenvalue weighted by atomic mass is 9.99. The van der Waals surface area contributed by atoms with E-state index in [1.807, 2.05) is 0 Å². The number of hydrogen-bond donors (Lipinski definition) is 3. The Bertz CT molecular complexity index is 438. The van der Waals surface area contributed by atoms with Gasteiger partial charge in [-0.15, -0.1) is 0 Å². The Kier molecular flexibility index (Phi) is 4.19. The predicted octanol–water partition coefficient (Wildman–Crippen LogP) is 0.178. The maximum Gasteiger partial charge on any atom is 0.276 e. The zero-order valence-corrected chi connectivity index (χ0v) is 10.8. The number of nitrogens with zero attached hydrogens (tertiary/aromatic N) is 2. The van der Waals surface area contributed by atoms with Crippen molar-refractivity contribution in [3.8, 4) is 0 Å². The van der Waals surface area contributed by atoms with E-state index in [-0.39, 0.29) is 11.2 Å². The molecule has 0 radical (unpaired) electrons. The number of nitrogens with one attached hydrogen (secondary N) is 2. The first-order valence-corrected chi connectivity index (χ1v) is 6.51. The molecular weight excluding hydrogens is 230 g/mol. The summed E-state index contributed by atoms with van der Waals surface area (Å²) in [5.74, 6) is 1.20. The van der Waals surface area contributed by atoms with Crippen molar-refractivity contribution in [2.75, 3.05) is 36.8 Å². The van der Waals surface area contributed by atoms with Crippen LogP contribution in [0, 0.1) is 5.92 Å². The summed E-state index contributed by atoms with van der Waals surface area (Å²) in [6.07, 6.45) is 3.84. The molecule has 1 atom stereocenters. The quantitative estimate of drug-likeness (QED) is 0.710. The number of H-pyrrole nitrogens is 1. The highest BCUT2D eigenvalue weighted by molar-refractivity contribution is 5.60. The number of aromatic amines is 1. The summed E-state index contributed by atoms with van der Waals surface area (Å²) < 4.78 is 0. The first kappa shape index (κ1) is 12.9. The minimum absolute atomic E-state index is 0.211. The topological polar surface area (TPSA) is 87.0 Å². The van der Waals surface area contributed by atoms with Crippen LogP contribution in [0.3, 0.4) is 0 Å². The fourth-order valence-electron chi connectivity index (χ4n) is 2.41. The Morgan fingerprint density at radius 2 is 2.44 bits per heavy atom. The van der Waals surface area contributed by atoms with Crippen molar-refractivity contribution >= 4 is 11.5 Å². The van der Waals surface area contributed by atoms with E-state index in [0.29, 0.717) is 11.7 Å². The van der Waals surface area contributed by atoms with Crippen molar-refractivity contribution in [3.63, 3.8) is 0 Å². The van der Waals surface area contributed by atoms with E-state index in [9.17, 15) is 4.79 Å². The maximum absolute atomic E-state index is 11.5.